The normalized spacial score (nSPS) is 15.1. The van der Waals surface area contributed by atoms with Gasteiger partial charge in [0.25, 0.3) is 11.8 Å². The van der Waals surface area contributed by atoms with Crippen molar-refractivity contribution in [2.24, 2.45) is 0 Å². The molecular weight excluding hydrogens is 350 g/mol. The van der Waals surface area contributed by atoms with Crippen molar-refractivity contribution in [1.29, 1.82) is 0 Å². The Hall–Kier alpha value is -1.53. The predicted octanol–water partition coefficient (Wildman–Crippen LogP) is 2.43. The number of alkyl halides is 1. The fourth-order valence-corrected chi connectivity index (χ4v) is 2.78. The van der Waals surface area contributed by atoms with Crippen LogP contribution in [0.1, 0.15) is 40.0 Å². The lowest BCUT2D eigenvalue weighted by Crippen LogP contribution is -2.35. The minimum absolute atomic E-state index is 0.00133. The van der Waals surface area contributed by atoms with Crippen LogP contribution in [-0.2, 0) is 9.53 Å². The number of hydrogen-bond donors (Lipinski definition) is 0. The number of Topliss-reactive ketones (excluding diaryl/α,β-unsaturated/α-hetero) is 1. The van der Waals surface area contributed by atoms with E-state index in [1.807, 2.05) is 0 Å². The number of benzene rings is 1. The van der Waals surface area contributed by atoms with Gasteiger partial charge in [-0.15, -0.1) is 0 Å². The summed E-state index contributed by atoms with van der Waals surface area (Å²) in [6.07, 6.45) is 0.907. The van der Waals surface area contributed by atoms with Crippen LogP contribution in [0.5, 0.6) is 0 Å². The Morgan fingerprint density at radius 2 is 1.82 bits per heavy atom. The SMILES string of the molecule is COC(CCN1C(=O)c2ccccc2C1=O)C(=O)CCCBr. The van der Waals surface area contributed by atoms with E-state index in [1.54, 1.807) is 24.3 Å². The molecule has 2 amide bonds. The number of halogens is 1. The first-order chi connectivity index (χ1) is 10.6. The third-order valence-corrected chi connectivity index (χ3v) is 4.25. The average molecular weight is 368 g/mol. The van der Waals surface area contributed by atoms with Gasteiger partial charge in [-0.25, -0.2) is 0 Å². The molecule has 1 aromatic rings. The number of fused-ring (bicyclic) bond motifs is 1. The summed E-state index contributed by atoms with van der Waals surface area (Å²) < 4.78 is 5.20. The van der Waals surface area contributed by atoms with Crippen molar-refractivity contribution in [3.63, 3.8) is 0 Å². The fraction of sp³-hybridized carbons (Fsp3) is 0.438. The molecule has 0 fully saturated rings. The van der Waals surface area contributed by atoms with Crippen molar-refractivity contribution >= 4 is 33.5 Å². The number of carbonyl (C=O) groups excluding carboxylic acids is 3. The molecule has 2 rings (SSSR count). The molecule has 0 saturated carbocycles. The molecule has 118 valence electrons. The van der Waals surface area contributed by atoms with Gasteiger partial charge in [0.05, 0.1) is 11.1 Å². The number of amides is 2. The Bertz CT molecular complexity index is 552. The van der Waals surface area contributed by atoms with E-state index in [9.17, 15) is 14.4 Å². The highest BCUT2D eigenvalue weighted by molar-refractivity contribution is 9.09. The molecule has 1 atom stereocenters. The summed E-state index contributed by atoms with van der Waals surface area (Å²) >= 11 is 3.28. The first kappa shape index (κ1) is 16.8. The molecule has 0 radical (unpaired) electrons. The lowest BCUT2D eigenvalue weighted by Gasteiger charge is -2.18. The first-order valence-corrected chi connectivity index (χ1v) is 8.29. The highest BCUT2D eigenvalue weighted by atomic mass is 79.9. The van der Waals surface area contributed by atoms with Gasteiger partial charge in [0.2, 0.25) is 0 Å². The molecule has 0 N–H and O–H groups in total. The molecule has 0 spiro atoms. The van der Waals surface area contributed by atoms with Gasteiger partial charge < -0.3 is 4.74 Å². The van der Waals surface area contributed by atoms with Gasteiger partial charge >= 0.3 is 0 Å². The van der Waals surface area contributed by atoms with Crippen LogP contribution in [0, 0.1) is 0 Å². The highest BCUT2D eigenvalue weighted by Gasteiger charge is 2.35. The minimum atomic E-state index is -0.580. The van der Waals surface area contributed by atoms with Crippen LogP contribution in [0.25, 0.3) is 0 Å². The second-order valence-corrected chi connectivity index (χ2v) is 5.87. The van der Waals surface area contributed by atoms with Gasteiger partial charge in [-0.3, -0.25) is 19.3 Å². The first-order valence-electron chi connectivity index (χ1n) is 7.16. The van der Waals surface area contributed by atoms with Crippen LogP contribution in [0.2, 0.25) is 0 Å². The number of nitrogens with zero attached hydrogens (tertiary/aromatic N) is 1. The second-order valence-electron chi connectivity index (χ2n) is 5.08. The molecule has 0 bridgehead atoms. The quantitative estimate of drug-likeness (QED) is 0.522. The molecule has 1 heterocycles. The Kier molecular flexibility index (Phi) is 5.85. The Morgan fingerprint density at radius 1 is 1.23 bits per heavy atom. The minimum Gasteiger partial charge on any atom is -0.374 e. The lowest BCUT2D eigenvalue weighted by atomic mass is 10.1. The Labute approximate surface area is 137 Å². The zero-order chi connectivity index (χ0) is 16.1. The summed E-state index contributed by atoms with van der Waals surface area (Å²) in [6, 6.07) is 6.75. The maximum absolute atomic E-state index is 12.2. The molecule has 22 heavy (non-hydrogen) atoms. The van der Waals surface area contributed by atoms with Crippen molar-refractivity contribution in [3.05, 3.63) is 35.4 Å². The topological polar surface area (TPSA) is 63.7 Å². The van der Waals surface area contributed by atoms with Gasteiger partial charge in [-0.2, -0.15) is 0 Å². The zero-order valence-corrected chi connectivity index (χ0v) is 14.0. The van der Waals surface area contributed by atoms with E-state index in [-0.39, 0.29) is 24.1 Å². The number of imide groups is 1. The third-order valence-electron chi connectivity index (χ3n) is 3.69. The second kappa shape index (κ2) is 7.65. The van der Waals surface area contributed by atoms with Crippen LogP contribution in [0.15, 0.2) is 24.3 Å². The van der Waals surface area contributed by atoms with E-state index in [2.05, 4.69) is 15.9 Å². The predicted molar refractivity (Wildman–Crippen MR) is 85.3 cm³/mol. The van der Waals surface area contributed by atoms with Gasteiger partial charge in [-0.1, -0.05) is 28.1 Å². The van der Waals surface area contributed by atoms with Gasteiger partial charge in [0.1, 0.15) is 6.10 Å². The zero-order valence-electron chi connectivity index (χ0n) is 12.4. The largest absolute Gasteiger partial charge is 0.374 e. The summed E-state index contributed by atoms with van der Waals surface area (Å²) in [5.74, 6) is -0.606. The van der Waals surface area contributed by atoms with E-state index in [4.69, 9.17) is 4.74 Å². The average Bonchev–Trinajstić information content (AvgIpc) is 2.78. The van der Waals surface area contributed by atoms with Crippen molar-refractivity contribution in [3.8, 4) is 0 Å². The van der Waals surface area contributed by atoms with Crippen LogP contribution >= 0.6 is 15.9 Å². The number of ketones is 1. The number of ether oxygens (including phenoxy) is 1. The van der Waals surface area contributed by atoms with Crippen LogP contribution in [0.4, 0.5) is 0 Å². The standard InChI is InChI=1S/C16H18BrNO4/c1-22-14(13(19)7-4-9-17)8-10-18-15(20)11-5-2-3-6-12(11)16(18)21/h2-3,5-6,14H,4,7-10H2,1H3. The molecule has 5 nitrogen and oxygen atoms in total. The summed E-state index contributed by atoms with van der Waals surface area (Å²) in [5, 5.41) is 0.758. The van der Waals surface area contributed by atoms with Crippen LogP contribution in [0.3, 0.4) is 0 Å². The Morgan fingerprint density at radius 3 is 2.32 bits per heavy atom. The molecule has 1 unspecified atom stereocenters. The summed E-state index contributed by atoms with van der Waals surface area (Å²) in [6.45, 7) is 0.185. The number of hydrogen-bond acceptors (Lipinski definition) is 4. The van der Waals surface area contributed by atoms with Crippen molar-refractivity contribution in [2.45, 2.75) is 25.4 Å². The molecule has 0 aliphatic carbocycles. The summed E-state index contributed by atoms with van der Waals surface area (Å²) in [4.78, 5) is 37.6. The molecule has 1 aliphatic heterocycles. The van der Waals surface area contributed by atoms with Crippen molar-refractivity contribution in [2.75, 3.05) is 19.0 Å². The Balaban J connectivity index is 1.99. The van der Waals surface area contributed by atoms with Crippen LogP contribution in [-0.4, -0.2) is 47.6 Å². The van der Waals surface area contributed by atoms with Crippen molar-refractivity contribution in [1.82, 2.24) is 4.90 Å². The van der Waals surface area contributed by atoms with E-state index in [0.717, 1.165) is 11.8 Å². The van der Waals surface area contributed by atoms with Crippen molar-refractivity contribution < 1.29 is 19.1 Å². The maximum atomic E-state index is 12.2. The number of methoxy groups -OCH3 is 1. The fourth-order valence-electron chi connectivity index (χ4n) is 2.50. The summed E-state index contributed by atoms with van der Waals surface area (Å²) in [7, 11) is 1.47. The van der Waals surface area contributed by atoms with E-state index in [0.29, 0.717) is 24.0 Å². The number of rotatable bonds is 8. The van der Waals surface area contributed by atoms with Gasteiger partial charge in [-0.05, 0) is 25.0 Å². The highest BCUT2D eigenvalue weighted by Crippen LogP contribution is 2.23. The van der Waals surface area contributed by atoms with E-state index in [1.165, 1.54) is 12.0 Å². The lowest BCUT2D eigenvalue weighted by molar-refractivity contribution is -0.129. The monoisotopic (exact) mass is 367 g/mol. The molecular formula is C16H18BrNO4. The number of carbonyl (C=O) groups is 3. The third kappa shape index (κ3) is 3.44. The summed E-state index contributed by atoms with van der Waals surface area (Å²) in [5.41, 5.74) is 0.846. The maximum Gasteiger partial charge on any atom is 0.261 e. The molecule has 1 aliphatic rings. The van der Waals surface area contributed by atoms with E-state index < -0.39 is 6.10 Å². The molecule has 6 heteroatoms. The van der Waals surface area contributed by atoms with Crippen LogP contribution < -0.4 is 0 Å². The molecule has 0 aromatic heterocycles. The van der Waals surface area contributed by atoms with Gasteiger partial charge in [0, 0.05) is 25.4 Å². The van der Waals surface area contributed by atoms with Gasteiger partial charge in [0.15, 0.2) is 5.78 Å². The van der Waals surface area contributed by atoms with E-state index >= 15 is 0 Å². The molecule has 1 aromatic carbocycles. The smallest absolute Gasteiger partial charge is 0.261 e. The molecule has 0 saturated heterocycles.